The summed E-state index contributed by atoms with van der Waals surface area (Å²) in [6.45, 7) is 6.35. The molecule has 3 atom stereocenters. The van der Waals surface area contributed by atoms with Crippen LogP contribution in [-0.2, 0) is 14.3 Å². The lowest BCUT2D eigenvalue weighted by Crippen LogP contribution is -2.46. The first-order chi connectivity index (χ1) is 29.0. The van der Waals surface area contributed by atoms with Crippen molar-refractivity contribution < 1.29 is 24.5 Å². The van der Waals surface area contributed by atoms with Gasteiger partial charge >= 0.3 is 5.97 Å². The van der Waals surface area contributed by atoms with E-state index >= 15 is 0 Å². The minimum atomic E-state index is -0.796. The van der Waals surface area contributed by atoms with Crippen molar-refractivity contribution in [1.29, 1.82) is 0 Å². The maximum absolute atomic E-state index is 13.2. The summed E-state index contributed by atoms with van der Waals surface area (Å²) in [5, 5.41) is 23.7. The molecule has 0 bridgehead atoms. The first kappa shape index (κ1) is 56.6. The number of amides is 1. The lowest BCUT2D eigenvalue weighted by Gasteiger charge is -2.24. The van der Waals surface area contributed by atoms with Gasteiger partial charge < -0.3 is 20.3 Å². The highest BCUT2D eigenvalue weighted by Crippen LogP contribution is 2.18. The van der Waals surface area contributed by atoms with Gasteiger partial charge in [-0.3, -0.25) is 9.59 Å². The van der Waals surface area contributed by atoms with E-state index in [4.69, 9.17) is 4.74 Å². The Morgan fingerprint density at radius 3 is 1.32 bits per heavy atom. The molecule has 6 heteroatoms. The average molecular weight is 826 g/mol. The summed E-state index contributed by atoms with van der Waals surface area (Å²) in [7, 11) is 0. The van der Waals surface area contributed by atoms with E-state index in [9.17, 15) is 19.8 Å². The molecule has 1 amide bonds. The second-order valence-electron chi connectivity index (χ2n) is 16.8. The molecule has 6 nitrogen and oxygen atoms in total. The Balaban J connectivity index is 4.65. The molecule has 0 aromatic heterocycles. The summed E-state index contributed by atoms with van der Waals surface area (Å²) in [4.78, 5) is 26.1. The molecule has 0 radical (unpaired) electrons. The summed E-state index contributed by atoms with van der Waals surface area (Å²) < 4.78 is 5.90. The Morgan fingerprint density at radius 1 is 0.508 bits per heavy atom. The Bertz CT molecular complexity index is 1060. The van der Waals surface area contributed by atoms with Crippen LogP contribution in [-0.4, -0.2) is 46.9 Å². The number of unbranched alkanes of at least 4 members (excludes halogenated alkanes) is 22. The Labute approximate surface area is 365 Å². The van der Waals surface area contributed by atoms with Crippen LogP contribution >= 0.6 is 0 Å². The standard InChI is InChI=1S/C53H95NO5/c1-4-7-10-13-16-19-22-24-25-26-27-28-31-34-37-40-43-46-53(58)59-49(44-41-38-35-32-30-23-20-17-14-11-8-5-2)47-52(57)54-50(48-55)51(56)45-42-39-36-33-29-21-18-15-12-9-6-3/h7,10,16,19,24-25,27-28,34,37,49-51,55-56H,4-6,8-9,11-15,17-18,20-23,26,29-33,35-36,38-48H2,1-3H3,(H,54,57)/b10-7-,19-16-,25-24-,28-27-,37-34-. The van der Waals surface area contributed by atoms with Gasteiger partial charge in [0.15, 0.2) is 0 Å². The fourth-order valence-electron chi connectivity index (χ4n) is 7.35. The molecule has 342 valence electrons. The summed E-state index contributed by atoms with van der Waals surface area (Å²) in [6.07, 6.45) is 57.1. The van der Waals surface area contributed by atoms with Gasteiger partial charge in [-0.05, 0) is 64.2 Å². The number of hydrogen-bond donors (Lipinski definition) is 3. The van der Waals surface area contributed by atoms with Crippen molar-refractivity contribution in [2.24, 2.45) is 0 Å². The van der Waals surface area contributed by atoms with Gasteiger partial charge in [-0.1, -0.05) is 223 Å². The highest BCUT2D eigenvalue weighted by atomic mass is 16.5. The monoisotopic (exact) mass is 826 g/mol. The minimum absolute atomic E-state index is 0.0558. The number of allylic oxidation sites excluding steroid dienone is 10. The van der Waals surface area contributed by atoms with Crippen LogP contribution < -0.4 is 5.32 Å². The lowest BCUT2D eigenvalue weighted by molar-refractivity contribution is -0.151. The van der Waals surface area contributed by atoms with E-state index in [0.29, 0.717) is 25.7 Å². The summed E-state index contributed by atoms with van der Waals surface area (Å²) in [6, 6.07) is -0.711. The van der Waals surface area contributed by atoms with Crippen LogP contribution in [0.5, 0.6) is 0 Å². The summed E-state index contributed by atoms with van der Waals surface area (Å²) in [5.74, 6) is -0.540. The molecule has 0 aliphatic rings. The quantitative estimate of drug-likeness (QED) is 0.0323. The van der Waals surface area contributed by atoms with E-state index in [2.05, 4.69) is 86.8 Å². The zero-order valence-corrected chi connectivity index (χ0v) is 38.9. The SMILES string of the molecule is CC/C=C\C/C=C\C/C=C\C/C=C\C/C=C\CCCC(=O)OC(CCCCCCCCCCCCCC)CC(=O)NC(CO)C(O)CCCCCCCCCCCCC. The molecular formula is C53H95NO5. The number of esters is 1. The Kier molecular flexibility index (Phi) is 44.7. The van der Waals surface area contributed by atoms with E-state index < -0.39 is 18.2 Å². The molecule has 0 aromatic carbocycles. The van der Waals surface area contributed by atoms with Gasteiger partial charge in [0, 0.05) is 6.42 Å². The molecule has 0 aromatic rings. The van der Waals surface area contributed by atoms with Crippen LogP contribution in [0, 0.1) is 0 Å². The maximum atomic E-state index is 13.2. The molecule has 0 aliphatic carbocycles. The number of ether oxygens (including phenoxy) is 1. The van der Waals surface area contributed by atoms with Crippen molar-refractivity contribution in [1.82, 2.24) is 5.32 Å². The van der Waals surface area contributed by atoms with Crippen molar-refractivity contribution >= 4 is 11.9 Å². The lowest BCUT2D eigenvalue weighted by atomic mass is 10.0. The third-order valence-corrected chi connectivity index (χ3v) is 11.1. The second kappa shape index (κ2) is 46.6. The van der Waals surface area contributed by atoms with Gasteiger partial charge in [-0.15, -0.1) is 0 Å². The molecule has 0 saturated carbocycles. The molecule has 0 heterocycles. The number of aliphatic hydroxyl groups is 2. The molecule has 0 rings (SSSR count). The number of rotatable bonds is 44. The highest BCUT2D eigenvalue weighted by molar-refractivity contribution is 5.77. The van der Waals surface area contributed by atoms with Gasteiger partial charge in [0.25, 0.3) is 0 Å². The Morgan fingerprint density at radius 2 is 0.898 bits per heavy atom. The van der Waals surface area contributed by atoms with Crippen molar-refractivity contribution in [2.45, 2.75) is 257 Å². The van der Waals surface area contributed by atoms with E-state index in [-0.39, 0.29) is 24.9 Å². The van der Waals surface area contributed by atoms with Gasteiger partial charge in [0.05, 0.1) is 25.2 Å². The van der Waals surface area contributed by atoms with E-state index in [0.717, 1.165) is 77.0 Å². The van der Waals surface area contributed by atoms with Crippen LogP contribution in [0.15, 0.2) is 60.8 Å². The van der Waals surface area contributed by atoms with E-state index in [1.165, 1.54) is 109 Å². The van der Waals surface area contributed by atoms with Crippen LogP contribution in [0.1, 0.15) is 239 Å². The Hall–Kier alpha value is -2.44. The topological polar surface area (TPSA) is 95.9 Å². The van der Waals surface area contributed by atoms with Crippen molar-refractivity contribution in [3.05, 3.63) is 60.8 Å². The molecule has 0 saturated heterocycles. The molecule has 3 unspecified atom stereocenters. The maximum Gasteiger partial charge on any atom is 0.306 e. The first-order valence-corrected chi connectivity index (χ1v) is 25.0. The molecule has 0 aliphatic heterocycles. The van der Waals surface area contributed by atoms with Crippen LogP contribution in [0.3, 0.4) is 0 Å². The number of carbonyl (C=O) groups excluding carboxylic acids is 2. The average Bonchev–Trinajstić information content (AvgIpc) is 3.23. The van der Waals surface area contributed by atoms with Crippen molar-refractivity contribution in [3.63, 3.8) is 0 Å². The zero-order valence-electron chi connectivity index (χ0n) is 38.9. The fraction of sp³-hybridized carbons (Fsp3) is 0.774. The van der Waals surface area contributed by atoms with Gasteiger partial charge in [0.2, 0.25) is 5.91 Å². The number of aliphatic hydroxyl groups excluding tert-OH is 2. The predicted octanol–water partition coefficient (Wildman–Crippen LogP) is 14.8. The summed E-state index contributed by atoms with van der Waals surface area (Å²) >= 11 is 0. The van der Waals surface area contributed by atoms with E-state index in [1.807, 2.05) is 0 Å². The van der Waals surface area contributed by atoms with Crippen LogP contribution in [0.4, 0.5) is 0 Å². The molecular weight excluding hydrogens is 731 g/mol. The smallest absolute Gasteiger partial charge is 0.306 e. The van der Waals surface area contributed by atoms with Gasteiger partial charge in [-0.25, -0.2) is 0 Å². The minimum Gasteiger partial charge on any atom is -0.462 e. The largest absolute Gasteiger partial charge is 0.462 e. The predicted molar refractivity (Wildman–Crippen MR) is 255 cm³/mol. The van der Waals surface area contributed by atoms with Gasteiger partial charge in [0.1, 0.15) is 6.10 Å². The number of nitrogens with one attached hydrogen (secondary N) is 1. The highest BCUT2D eigenvalue weighted by Gasteiger charge is 2.24. The number of carbonyl (C=O) groups is 2. The normalized spacial score (nSPS) is 13.8. The molecule has 3 N–H and O–H groups in total. The second-order valence-corrected chi connectivity index (χ2v) is 16.8. The van der Waals surface area contributed by atoms with Crippen molar-refractivity contribution in [2.75, 3.05) is 6.61 Å². The summed E-state index contributed by atoms with van der Waals surface area (Å²) in [5.41, 5.74) is 0. The van der Waals surface area contributed by atoms with Gasteiger partial charge in [-0.2, -0.15) is 0 Å². The van der Waals surface area contributed by atoms with Crippen LogP contribution in [0.25, 0.3) is 0 Å². The third kappa shape index (κ3) is 42.1. The third-order valence-electron chi connectivity index (χ3n) is 11.1. The number of hydrogen-bond acceptors (Lipinski definition) is 5. The zero-order chi connectivity index (χ0) is 43.1. The molecule has 59 heavy (non-hydrogen) atoms. The fourth-order valence-corrected chi connectivity index (χ4v) is 7.35. The molecule has 0 spiro atoms. The van der Waals surface area contributed by atoms with E-state index in [1.54, 1.807) is 0 Å². The van der Waals surface area contributed by atoms with Crippen molar-refractivity contribution in [3.8, 4) is 0 Å². The molecule has 0 fully saturated rings. The first-order valence-electron chi connectivity index (χ1n) is 25.0. The van der Waals surface area contributed by atoms with Crippen LogP contribution in [0.2, 0.25) is 0 Å².